The Labute approximate surface area is 142 Å². The highest BCUT2D eigenvalue weighted by Gasteiger charge is 2.29. The van der Waals surface area contributed by atoms with Crippen molar-refractivity contribution in [1.29, 1.82) is 0 Å². The van der Waals surface area contributed by atoms with Gasteiger partial charge in [-0.2, -0.15) is 0 Å². The average molecular weight is 325 g/mol. The van der Waals surface area contributed by atoms with Crippen molar-refractivity contribution in [2.45, 2.75) is 48.8 Å². The molecule has 1 N–H and O–H groups in total. The molecule has 2 aromatic rings. The summed E-state index contributed by atoms with van der Waals surface area (Å²) in [6, 6.07) is 19.0. The maximum absolute atomic E-state index is 12.6. The highest BCUT2D eigenvalue weighted by atomic mass is 32.2. The van der Waals surface area contributed by atoms with Gasteiger partial charge in [0.2, 0.25) is 5.91 Å². The lowest BCUT2D eigenvalue weighted by atomic mass is 10.0. The van der Waals surface area contributed by atoms with E-state index in [2.05, 4.69) is 43.4 Å². The Morgan fingerprint density at radius 1 is 1.00 bits per heavy atom. The molecule has 120 valence electrons. The Balaban J connectivity index is 1.78. The molecule has 0 radical (unpaired) electrons. The van der Waals surface area contributed by atoms with Crippen LogP contribution in [0.4, 0.5) is 0 Å². The zero-order valence-electron chi connectivity index (χ0n) is 13.7. The molecule has 1 aliphatic rings. The van der Waals surface area contributed by atoms with Gasteiger partial charge in [-0.1, -0.05) is 56.3 Å². The second-order valence-electron chi connectivity index (χ2n) is 6.42. The minimum Gasteiger partial charge on any atom is -0.352 e. The molecule has 3 rings (SSSR count). The minimum atomic E-state index is -0.193. The van der Waals surface area contributed by atoms with Crippen LogP contribution < -0.4 is 5.32 Å². The number of hydrogen-bond donors (Lipinski definition) is 1. The molecule has 0 spiro atoms. The lowest BCUT2D eigenvalue weighted by Crippen LogP contribution is -2.29. The van der Waals surface area contributed by atoms with Crippen LogP contribution in [0.5, 0.6) is 0 Å². The Hall–Kier alpha value is -1.74. The van der Waals surface area contributed by atoms with Gasteiger partial charge in [-0.3, -0.25) is 4.79 Å². The van der Waals surface area contributed by atoms with E-state index < -0.39 is 0 Å². The van der Waals surface area contributed by atoms with E-state index in [0.29, 0.717) is 12.0 Å². The normalized spacial score (nSPS) is 15.4. The molecular formula is C20H23NOS. The standard InChI is InChI=1S/C20H23NOS/c1-14(2)15-8-12-18(13-9-15)23-19(16-6-4-3-5-7-16)20(22)21-17-10-11-17/h3-9,12-14,17,19H,10-11H2,1-2H3,(H,21,22). The van der Waals surface area contributed by atoms with Crippen LogP contribution in [0.3, 0.4) is 0 Å². The predicted octanol–water partition coefficient (Wildman–Crippen LogP) is 4.92. The Kier molecular flexibility index (Phi) is 5.06. The zero-order chi connectivity index (χ0) is 16.2. The predicted molar refractivity (Wildman–Crippen MR) is 96.7 cm³/mol. The van der Waals surface area contributed by atoms with Crippen molar-refractivity contribution in [2.75, 3.05) is 0 Å². The number of amides is 1. The number of rotatable bonds is 6. The third-order valence-electron chi connectivity index (χ3n) is 4.06. The lowest BCUT2D eigenvalue weighted by molar-refractivity contribution is -0.120. The summed E-state index contributed by atoms with van der Waals surface area (Å²) in [5.41, 5.74) is 2.39. The van der Waals surface area contributed by atoms with Gasteiger partial charge in [0.1, 0.15) is 5.25 Å². The largest absolute Gasteiger partial charge is 0.352 e. The maximum Gasteiger partial charge on any atom is 0.238 e. The first-order valence-corrected chi connectivity index (χ1v) is 9.13. The van der Waals surface area contributed by atoms with Crippen LogP contribution in [0.25, 0.3) is 0 Å². The number of carbonyl (C=O) groups excluding carboxylic acids is 1. The Morgan fingerprint density at radius 3 is 2.22 bits per heavy atom. The van der Waals surface area contributed by atoms with E-state index in [1.165, 1.54) is 5.56 Å². The highest BCUT2D eigenvalue weighted by Crippen LogP contribution is 2.36. The quantitative estimate of drug-likeness (QED) is 0.764. The number of nitrogens with one attached hydrogen (secondary N) is 1. The van der Waals surface area contributed by atoms with Crippen molar-refractivity contribution in [1.82, 2.24) is 5.32 Å². The molecule has 23 heavy (non-hydrogen) atoms. The first kappa shape index (κ1) is 16.1. The summed E-state index contributed by atoms with van der Waals surface area (Å²) in [6.07, 6.45) is 2.22. The molecule has 1 unspecified atom stereocenters. The van der Waals surface area contributed by atoms with Gasteiger partial charge in [0.05, 0.1) is 0 Å². The first-order valence-electron chi connectivity index (χ1n) is 8.25. The van der Waals surface area contributed by atoms with Gasteiger partial charge < -0.3 is 5.32 Å². The molecule has 2 aromatic carbocycles. The van der Waals surface area contributed by atoms with E-state index in [4.69, 9.17) is 0 Å². The van der Waals surface area contributed by atoms with Gasteiger partial charge in [-0.05, 0) is 42.0 Å². The fourth-order valence-electron chi connectivity index (χ4n) is 2.47. The summed E-state index contributed by atoms with van der Waals surface area (Å²) < 4.78 is 0. The smallest absolute Gasteiger partial charge is 0.238 e. The molecule has 2 nitrogen and oxygen atoms in total. The minimum absolute atomic E-state index is 0.122. The second kappa shape index (κ2) is 7.22. The van der Waals surface area contributed by atoms with Crippen LogP contribution in [0.1, 0.15) is 49.0 Å². The number of carbonyl (C=O) groups is 1. The molecule has 0 aromatic heterocycles. The van der Waals surface area contributed by atoms with Crippen LogP contribution in [-0.4, -0.2) is 11.9 Å². The molecular weight excluding hydrogens is 302 g/mol. The topological polar surface area (TPSA) is 29.1 Å². The van der Waals surface area contributed by atoms with Gasteiger partial charge >= 0.3 is 0 Å². The summed E-state index contributed by atoms with van der Waals surface area (Å²) >= 11 is 1.63. The van der Waals surface area contributed by atoms with Gasteiger partial charge in [0.25, 0.3) is 0 Å². The van der Waals surface area contributed by atoms with Crippen molar-refractivity contribution in [3.63, 3.8) is 0 Å². The summed E-state index contributed by atoms with van der Waals surface area (Å²) in [4.78, 5) is 13.8. The van der Waals surface area contributed by atoms with E-state index in [-0.39, 0.29) is 11.2 Å². The van der Waals surface area contributed by atoms with E-state index in [1.54, 1.807) is 11.8 Å². The van der Waals surface area contributed by atoms with Crippen LogP contribution >= 0.6 is 11.8 Å². The van der Waals surface area contributed by atoms with Crippen LogP contribution in [0.15, 0.2) is 59.5 Å². The fraction of sp³-hybridized carbons (Fsp3) is 0.350. The SMILES string of the molecule is CC(C)c1ccc(SC(C(=O)NC2CC2)c2ccccc2)cc1. The van der Waals surface area contributed by atoms with E-state index >= 15 is 0 Å². The number of thioether (sulfide) groups is 1. The van der Waals surface area contributed by atoms with Crippen molar-refractivity contribution < 1.29 is 4.79 Å². The molecule has 1 fully saturated rings. The molecule has 0 bridgehead atoms. The van der Waals surface area contributed by atoms with Gasteiger partial charge in [-0.15, -0.1) is 11.8 Å². The van der Waals surface area contributed by atoms with Crippen molar-refractivity contribution in [2.24, 2.45) is 0 Å². The van der Waals surface area contributed by atoms with Crippen LogP contribution in [0.2, 0.25) is 0 Å². The molecule has 3 heteroatoms. The molecule has 0 heterocycles. The Morgan fingerprint density at radius 2 is 1.65 bits per heavy atom. The maximum atomic E-state index is 12.6. The monoisotopic (exact) mass is 325 g/mol. The van der Waals surface area contributed by atoms with Gasteiger partial charge in [0.15, 0.2) is 0 Å². The van der Waals surface area contributed by atoms with E-state index in [9.17, 15) is 4.79 Å². The molecule has 0 saturated heterocycles. The highest BCUT2D eigenvalue weighted by molar-refractivity contribution is 8.00. The van der Waals surface area contributed by atoms with Gasteiger partial charge in [-0.25, -0.2) is 0 Å². The number of benzene rings is 2. The summed E-state index contributed by atoms with van der Waals surface area (Å²) in [5.74, 6) is 0.647. The molecule has 1 amide bonds. The third-order valence-corrected chi connectivity index (χ3v) is 5.33. The average Bonchev–Trinajstić information content (AvgIpc) is 3.37. The Bertz CT molecular complexity index is 647. The number of hydrogen-bond acceptors (Lipinski definition) is 2. The van der Waals surface area contributed by atoms with Crippen LogP contribution in [0, 0.1) is 0 Å². The molecule has 1 atom stereocenters. The summed E-state index contributed by atoms with van der Waals surface area (Å²) in [7, 11) is 0. The molecule has 1 aliphatic carbocycles. The second-order valence-corrected chi connectivity index (χ2v) is 7.59. The third kappa shape index (κ3) is 4.38. The van der Waals surface area contributed by atoms with Crippen LogP contribution in [-0.2, 0) is 4.79 Å². The van der Waals surface area contributed by atoms with E-state index in [0.717, 1.165) is 23.3 Å². The summed E-state index contributed by atoms with van der Waals surface area (Å²) in [6.45, 7) is 4.38. The van der Waals surface area contributed by atoms with Gasteiger partial charge in [0, 0.05) is 10.9 Å². The van der Waals surface area contributed by atoms with Crippen molar-refractivity contribution >= 4 is 17.7 Å². The van der Waals surface area contributed by atoms with Crippen molar-refractivity contribution in [3.8, 4) is 0 Å². The summed E-state index contributed by atoms with van der Waals surface area (Å²) in [5, 5.41) is 2.95. The van der Waals surface area contributed by atoms with Crippen molar-refractivity contribution in [3.05, 3.63) is 65.7 Å². The zero-order valence-corrected chi connectivity index (χ0v) is 14.5. The lowest BCUT2D eigenvalue weighted by Gasteiger charge is -2.17. The first-order chi connectivity index (χ1) is 11.1. The van der Waals surface area contributed by atoms with E-state index in [1.807, 2.05) is 30.3 Å². The molecule has 1 saturated carbocycles. The molecule has 0 aliphatic heterocycles. The fourth-order valence-corrected chi connectivity index (χ4v) is 3.51.